The van der Waals surface area contributed by atoms with E-state index in [1.54, 1.807) is 6.92 Å². The molecule has 0 heterocycles. The Morgan fingerprint density at radius 1 is 1.31 bits per heavy atom. The van der Waals surface area contributed by atoms with E-state index in [1.165, 1.54) is 0 Å². The highest BCUT2D eigenvalue weighted by atomic mass is 16.3. The molecule has 0 amide bonds. The molecule has 2 atom stereocenters. The third-order valence-corrected chi connectivity index (χ3v) is 2.43. The third-order valence-electron chi connectivity index (χ3n) is 2.43. The molecular weight excluding hydrogens is 200 g/mol. The summed E-state index contributed by atoms with van der Waals surface area (Å²) in [5.74, 6) is -0.134. The van der Waals surface area contributed by atoms with E-state index in [2.05, 4.69) is 6.07 Å². The van der Waals surface area contributed by atoms with Crippen LogP contribution in [0.25, 0.3) is 0 Å². The molecule has 0 bridgehead atoms. The first-order valence-electron chi connectivity index (χ1n) is 5.44. The number of aliphatic hydroxyl groups is 1. The van der Waals surface area contributed by atoms with Gasteiger partial charge in [0.1, 0.15) is 0 Å². The molecule has 3 nitrogen and oxygen atoms in total. The molecule has 0 saturated heterocycles. The van der Waals surface area contributed by atoms with Crippen molar-refractivity contribution in [3.05, 3.63) is 35.9 Å². The summed E-state index contributed by atoms with van der Waals surface area (Å²) >= 11 is 0. The summed E-state index contributed by atoms with van der Waals surface area (Å²) in [6.45, 7) is 2.98. The van der Waals surface area contributed by atoms with E-state index in [0.717, 1.165) is 5.56 Å². The largest absolute Gasteiger partial charge is 0.392 e. The van der Waals surface area contributed by atoms with Crippen molar-refractivity contribution in [2.45, 2.75) is 18.9 Å². The topological polar surface area (TPSA) is 47.3 Å². The molecular formula is C13H18N2O. The first kappa shape index (κ1) is 12.7. The smallest absolute Gasteiger partial charge is 0.0839 e. The predicted molar refractivity (Wildman–Crippen MR) is 64.0 cm³/mol. The number of rotatable bonds is 5. The van der Waals surface area contributed by atoms with Crippen LogP contribution in [0.3, 0.4) is 0 Å². The second-order valence-electron chi connectivity index (χ2n) is 4.16. The lowest BCUT2D eigenvalue weighted by Crippen LogP contribution is -2.30. The fourth-order valence-corrected chi connectivity index (χ4v) is 1.74. The van der Waals surface area contributed by atoms with E-state index < -0.39 is 0 Å². The minimum atomic E-state index is -0.361. The lowest BCUT2D eigenvalue weighted by atomic mass is 10.0. The van der Waals surface area contributed by atoms with Crippen LogP contribution in [0.2, 0.25) is 0 Å². The van der Waals surface area contributed by atoms with Gasteiger partial charge in [-0.15, -0.1) is 0 Å². The molecule has 86 valence electrons. The molecule has 1 aromatic rings. The zero-order valence-corrected chi connectivity index (χ0v) is 9.80. The number of hydrogen-bond donors (Lipinski definition) is 1. The molecule has 0 aliphatic heterocycles. The molecule has 0 aliphatic carbocycles. The van der Waals surface area contributed by atoms with Gasteiger partial charge in [0.25, 0.3) is 0 Å². The van der Waals surface area contributed by atoms with Crippen molar-refractivity contribution in [1.29, 1.82) is 5.26 Å². The van der Waals surface area contributed by atoms with Crippen LogP contribution in [0.5, 0.6) is 0 Å². The highest BCUT2D eigenvalue weighted by Gasteiger charge is 2.13. The maximum atomic E-state index is 9.25. The predicted octanol–water partition coefficient (Wildman–Crippen LogP) is 1.61. The van der Waals surface area contributed by atoms with Crippen LogP contribution in [0.4, 0.5) is 0 Å². The standard InChI is InChI=1S/C13H18N2O/c1-11(16)9-15(2)10-13(8-14)12-6-4-3-5-7-12/h3-7,11,13,16H,9-10H2,1-2H3. The Morgan fingerprint density at radius 3 is 2.44 bits per heavy atom. The van der Waals surface area contributed by atoms with E-state index in [-0.39, 0.29) is 12.0 Å². The van der Waals surface area contributed by atoms with Crippen LogP contribution in [0.1, 0.15) is 18.4 Å². The van der Waals surface area contributed by atoms with Crippen molar-refractivity contribution in [3.63, 3.8) is 0 Å². The maximum absolute atomic E-state index is 9.25. The number of nitrogens with zero attached hydrogens (tertiary/aromatic N) is 2. The average molecular weight is 218 g/mol. The number of benzene rings is 1. The molecule has 0 radical (unpaired) electrons. The quantitative estimate of drug-likeness (QED) is 0.816. The minimum absolute atomic E-state index is 0.134. The van der Waals surface area contributed by atoms with Gasteiger partial charge in [0.2, 0.25) is 0 Å². The van der Waals surface area contributed by atoms with Crippen molar-refractivity contribution >= 4 is 0 Å². The molecule has 1 N–H and O–H groups in total. The Labute approximate surface area is 96.9 Å². The molecule has 1 aromatic carbocycles. The Kier molecular flexibility index (Phi) is 4.97. The fourth-order valence-electron chi connectivity index (χ4n) is 1.74. The van der Waals surface area contributed by atoms with Crippen LogP contribution < -0.4 is 0 Å². The Hall–Kier alpha value is -1.37. The first-order chi connectivity index (χ1) is 7.63. The number of aliphatic hydroxyl groups excluding tert-OH is 1. The van der Waals surface area contributed by atoms with E-state index in [9.17, 15) is 5.11 Å². The van der Waals surface area contributed by atoms with Gasteiger partial charge >= 0.3 is 0 Å². The van der Waals surface area contributed by atoms with Gasteiger partial charge in [-0.05, 0) is 19.5 Å². The second kappa shape index (κ2) is 6.26. The van der Waals surface area contributed by atoms with Crippen LogP contribution >= 0.6 is 0 Å². The second-order valence-corrected chi connectivity index (χ2v) is 4.16. The van der Waals surface area contributed by atoms with Gasteiger partial charge in [-0.2, -0.15) is 5.26 Å². The van der Waals surface area contributed by atoms with Gasteiger partial charge in [0, 0.05) is 13.1 Å². The lowest BCUT2D eigenvalue weighted by Gasteiger charge is -2.21. The Balaban J connectivity index is 2.60. The molecule has 0 spiro atoms. The average Bonchev–Trinajstić information content (AvgIpc) is 2.26. The highest BCUT2D eigenvalue weighted by Crippen LogP contribution is 2.15. The van der Waals surface area contributed by atoms with Crippen molar-refractivity contribution in [2.24, 2.45) is 0 Å². The summed E-state index contributed by atoms with van der Waals surface area (Å²) in [7, 11) is 1.92. The number of nitriles is 1. The van der Waals surface area contributed by atoms with Crippen molar-refractivity contribution < 1.29 is 5.11 Å². The van der Waals surface area contributed by atoms with Crippen LogP contribution in [0, 0.1) is 11.3 Å². The molecule has 1 rings (SSSR count). The van der Waals surface area contributed by atoms with Gasteiger partial charge in [0.15, 0.2) is 0 Å². The molecule has 0 saturated carbocycles. The fraction of sp³-hybridized carbons (Fsp3) is 0.462. The molecule has 0 fully saturated rings. The number of hydrogen-bond acceptors (Lipinski definition) is 3. The van der Waals surface area contributed by atoms with Gasteiger partial charge in [-0.1, -0.05) is 30.3 Å². The zero-order valence-electron chi connectivity index (χ0n) is 9.80. The SMILES string of the molecule is CC(O)CN(C)CC(C#N)c1ccccc1. The summed E-state index contributed by atoms with van der Waals surface area (Å²) in [5, 5.41) is 18.4. The third kappa shape index (κ3) is 4.01. The maximum Gasteiger partial charge on any atom is 0.0839 e. The molecule has 0 aliphatic rings. The summed E-state index contributed by atoms with van der Waals surface area (Å²) in [5.41, 5.74) is 1.03. The first-order valence-corrected chi connectivity index (χ1v) is 5.44. The minimum Gasteiger partial charge on any atom is -0.392 e. The molecule has 16 heavy (non-hydrogen) atoms. The van der Waals surface area contributed by atoms with E-state index in [0.29, 0.717) is 13.1 Å². The number of likely N-dealkylation sites (N-methyl/N-ethyl adjacent to an activating group) is 1. The van der Waals surface area contributed by atoms with Gasteiger partial charge in [0.05, 0.1) is 18.1 Å². The van der Waals surface area contributed by atoms with E-state index >= 15 is 0 Å². The highest BCUT2D eigenvalue weighted by molar-refractivity contribution is 5.25. The van der Waals surface area contributed by atoms with Crippen molar-refractivity contribution in [3.8, 4) is 6.07 Å². The van der Waals surface area contributed by atoms with Crippen LogP contribution in [0.15, 0.2) is 30.3 Å². The van der Waals surface area contributed by atoms with Gasteiger partial charge < -0.3 is 10.0 Å². The Morgan fingerprint density at radius 2 is 1.94 bits per heavy atom. The normalized spacial score (nSPS) is 14.4. The van der Waals surface area contributed by atoms with Crippen molar-refractivity contribution in [2.75, 3.05) is 20.1 Å². The van der Waals surface area contributed by atoms with Crippen molar-refractivity contribution in [1.82, 2.24) is 4.90 Å². The molecule has 3 heteroatoms. The lowest BCUT2D eigenvalue weighted by molar-refractivity contribution is 0.140. The van der Waals surface area contributed by atoms with E-state index in [4.69, 9.17) is 5.26 Å². The van der Waals surface area contributed by atoms with Crippen LogP contribution in [-0.2, 0) is 0 Å². The van der Waals surface area contributed by atoms with Gasteiger partial charge in [-0.3, -0.25) is 0 Å². The van der Waals surface area contributed by atoms with Crippen LogP contribution in [-0.4, -0.2) is 36.2 Å². The van der Waals surface area contributed by atoms with E-state index in [1.807, 2.05) is 42.3 Å². The summed E-state index contributed by atoms with van der Waals surface area (Å²) in [6, 6.07) is 12.0. The molecule has 0 aromatic heterocycles. The van der Waals surface area contributed by atoms with Gasteiger partial charge in [-0.25, -0.2) is 0 Å². The monoisotopic (exact) mass is 218 g/mol. The molecule has 2 unspecified atom stereocenters. The summed E-state index contributed by atoms with van der Waals surface area (Å²) in [6.07, 6.45) is -0.361. The summed E-state index contributed by atoms with van der Waals surface area (Å²) < 4.78 is 0. The zero-order chi connectivity index (χ0) is 12.0. The summed E-state index contributed by atoms with van der Waals surface area (Å²) in [4.78, 5) is 1.98. The Bertz CT molecular complexity index is 343.